The quantitative estimate of drug-likeness (QED) is 0.396. The Hall–Kier alpha value is -0.790. The van der Waals surface area contributed by atoms with Gasteiger partial charge >= 0.3 is 5.97 Å². The molecule has 0 heterocycles. The molecular weight excluding hydrogens is 248 g/mol. The Morgan fingerprint density at radius 3 is 2.00 bits per heavy atom. The summed E-state index contributed by atoms with van der Waals surface area (Å²) in [6.07, 6.45) is 19.1. The number of carboxylic acids is 1. The number of allylic oxidation sites excluding steroid dienone is 2. The van der Waals surface area contributed by atoms with E-state index < -0.39 is 5.97 Å². The fourth-order valence-corrected chi connectivity index (χ4v) is 3.11. The van der Waals surface area contributed by atoms with E-state index in [1.807, 2.05) is 0 Å². The van der Waals surface area contributed by atoms with Crippen molar-refractivity contribution >= 4 is 5.97 Å². The molecule has 1 aliphatic carbocycles. The highest BCUT2D eigenvalue weighted by Gasteiger charge is 2.14. The molecule has 0 aromatic rings. The van der Waals surface area contributed by atoms with Gasteiger partial charge in [0.05, 0.1) is 0 Å². The molecule has 20 heavy (non-hydrogen) atoms. The Labute approximate surface area is 124 Å². The third-order valence-electron chi connectivity index (χ3n) is 4.46. The first-order valence-electron chi connectivity index (χ1n) is 8.62. The van der Waals surface area contributed by atoms with Crippen molar-refractivity contribution in [2.24, 2.45) is 11.8 Å². The highest BCUT2D eigenvalue weighted by Crippen LogP contribution is 2.29. The molecule has 2 heteroatoms. The number of hydrogen-bond acceptors (Lipinski definition) is 1. The lowest BCUT2D eigenvalue weighted by atomic mass is 9.83. The van der Waals surface area contributed by atoms with Gasteiger partial charge in [0, 0.05) is 6.42 Å². The third-order valence-corrected chi connectivity index (χ3v) is 4.46. The van der Waals surface area contributed by atoms with Gasteiger partial charge in [0.1, 0.15) is 0 Å². The van der Waals surface area contributed by atoms with Crippen molar-refractivity contribution in [1.82, 2.24) is 0 Å². The molecule has 2 nitrogen and oxygen atoms in total. The molecule has 0 radical (unpaired) electrons. The molecular formula is C18H32O2. The molecule has 0 saturated heterocycles. The monoisotopic (exact) mass is 280 g/mol. The van der Waals surface area contributed by atoms with E-state index in [-0.39, 0.29) is 0 Å². The number of rotatable bonds is 11. The maximum atomic E-state index is 10.4. The minimum absolute atomic E-state index is 0.336. The molecule has 0 aliphatic heterocycles. The summed E-state index contributed by atoms with van der Waals surface area (Å²) in [7, 11) is 0. The van der Waals surface area contributed by atoms with Crippen molar-refractivity contribution in [3.05, 3.63) is 12.2 Å². The molecule has 116 valence electrons. The van der Waals surface area contributed by atoms with E-state index in [2.05, 4.69) is 19.1 Å². The van der Waals surface area contributed by atoms with E-state index in [1.54, 1.807) is 0 Å². The van der Waals surface area contributed by atoms with Crippen LogP contribution < -0.4 is 0 Å². The number of carbonyl (C=O) groups is 1. The van der Waals surface area contributed by atoms with Gasteiger partial charge in [0.2, 0.25) is 0 Å². The van der Waals surface area contributed by atoms with Gasteiger partial charge in [-0.1, -0.05) is 57.6 Å². The zero-order valence-electron chi connectivity index (χ0n) is 13.2. The van der Waals surface area contributed by atoms with Gasteiger partial charge in [-0.25, -0.2) is 0 Å². The molecule has 0 saturated carbocycles. The Balaban J connectivity index is 2.00. The fourth-order valence-electron chi connectivity index (χ4n) is 3.11. The summed E-state index contributed by atoms with van der Waals surface area (Å²) in [5.41, 5.74) is 0. The summed E-state index contributed by atoms with van der Waals surface area (Å²) in [6, 6.07) is 0. The number of carboxylic acid groups (broad SMARTS) is 1. The predicted molar refractivity (Wildman–Crippen MR) is 84.8 cm³/mol. The van der Waals surface area contributed by atoms with Crippen LogP contribution in [0.2, 0.25) is 0 Å². The van der Waals surface area contributed by atoms with Crippen LogP contribution in [0.1, 0.15) is 84.0 Å². The Morgan fingerprint density at radius 2 is 1.50 bits per heavy atom. The summed E-state index contributed by atoms with van der Waals surface area (Å²) in [6.45, 7) is 2.27. The molecule has 0 spiro atoms. The molecule has 1 N–H and O–H groups in total. The summed E-state index contributed by atoms with van der Waals surface area (Å²) >= 11 is 0. The average molecular weight is 280 g/mol. The lowest BCUT2D eigenvalue weighted by Crippen LogP contribution is -2.08. The van der Waals surface area contributed by atoms with Crippen LogP contribution in [-0.4, -0.2) is 11.1 Å². The van der Waals surface area contributed by atoms with Gasteiger partial charge in [0.25, 0.3) is 0 Å². The normalized spacial score (nSPS) is 22.1. The van der Waals surface area contributed by atoms with Crippen LogP contribution in [-0.2, 0) is 4.79 Å². The average Bonchev–Trinajstić information content (AvgIpc) is 2.44. The van der Waals surface area contributed by atoms with Crippen LogP contribution in [0.5, 0.6) is 0 Å². The van der Waals surface area contributed by atoms with Gasteiger partial charge < -0.3 is 5.11 Å². The Morgan fingerprint density at radius 1 is 0.950 bits per heavy atom. The van der Waals surface area contributed by atoms with Crippen LogP contribution >= 0.6 is 0 Å². The summed E-state index contributed by atoms with van der Waals surface area (Å²) in [4.78, 5) is 10.4. The van der Waals surface area contributed by atoms with Crippen molar-refractivity contribution in [1.29, 1.82) is 0 Å². The minimum atomic E-state index is -0.658. The standard InChI is InChI=1S/C18H32O2/c1-2-3-6-9-16-12-14-17(15-13-16)10-7-4-5-8-11-18(19)20/h12,14,16-17H,2-11,13,15H2,1H3,(H,19,20)/t16-,17-/m0/s1. The predicted octanol–water partition coefficient (Wildman–Crippen LogP) is 5.57. The zero-order chi connectivity index (χ0) is 14.6. The van der Waals surface area contributed by atoms with E-state index >= 15 is 0 Å². The number of hydrogen-bond donors (Lipinski definition) is 1. The van der Waals surface area contributed by atoms with Gasteiger partial charge in [-0.05, 0) is 43.9 Å². The zero-order valence-corrected chi connectivity index (χ0v) is 13.2. The molecule has 1 rings (SSSR count). The minimum Gasteiger partial charge on any atom is -0.481 e. The van der Waals surface area contributed by atoms with E-state index in [9.17, 15) is 4.79 Å². The summed E-state index contributed by atoms with van der Waals surface area (Å²) in [5, 5.41) is 8.57. The lowest BCUT2D eigenvalue weighted by Gasteiger charge is -2.22. The fraction of sp³-hybridized carbons (Fsp3) is 0.833. The van der Waals surface area contributed by atoms with Crippen LogP contribution in [0.25, 0.3) is 0 Å². The maximum absolute atomic E-state index is 10.4. The largest absolute Gasteiger partial charge is 0.481 e. The van der Waals surface area contributed by atoms with Crippen molar-refractivity contribution in [2.75, 3.05) is 0 Å². The highest BCUT2D eigenvalue weighted by atomic mass is 16.4. The van der Waals surface area contributed by atoms with Crippen LogP contribution in [0.15, 0.2) is 12.2 Å². The lowest BCUT2D eigenvalue weighted by molar-refractivity contribution is -0.137. The maximum Gasteiger partial charge on any atom is 0.303 e. The van der Waals surface area contributed by atoms with Gasteiger partial charge in [-0.15, -0.1) is 0 Å². The molecule has 0 aromatic carbocycles. The van der Waals surface area contributed by atoms with E-state index in [0.29, 0.717) is 6.42 Å². The summed E-state index contributed by atoms with van der Waals surface area (Å²) in [5.74, 6) is 0.972. The second kappa shape index (κ2) is 10.9. The van der Waals surface area contributed by atoms with Crippen molar-refractivity contribution in [3.8, 4) is 0 Å². The second-order valence-corrected chi connectivity index (χ2v) is 6.32. The molecule has 0 amide bonds. The molecule has 0 fully saturated rings. The van der Waals surface area contributed by atoms with E-state index in [4.69, 9.17) is 5.11 Å². The summed E-state index contributed by atoms with van der Waals surface area (Å²) < 4.78 is 0. The molecule has 0 unspecified atom stereocenters. The smallest absolute Gasteiger partial charge is 0.303 e. The third kappa shape index (κ3) is 8.39. The molecule has 2 atom stereocenters. The Bertz CT molecular complexity index is 283. The second-order valence-electron chi connectivity index (χ2n) is 6.32. The van der Waals surface area contributed by atoms with Gasteiger partial charge in [0.15, 0.2) is 0 Å². The van der Waals surface area contributed by atoms with Gasteiger partial charge in [-0.2, -0.15) is 0 Å². The first-order valence-corrected chi connectivity index (χ1v) is 8.62. The topological polar surface area (TPSA) is 37.3 Å². The first kappa shape index (κ1) is 17.3. The van der Waals surface area contributed by atoms with Crippen molar-refractivity contribution < 1.29 is 9.90 Å². The Kier molecular flexibility index (Phi) is 9.44. The highest BCUT2D eigenvalue weighted by molar-refractivity contribution is 5.66. The molecule has 0 bridgehead atoms. The number of unbranched alkanes of at least 4 members (excludes halogenated alkanes) is 5. The van der Waals surface area contributed by atoms with E-state index in [0.717, 1.165) is 24.7 Å². The van der Waals surface area contributed by atoms with Crippen LogP contribution in [0, 0.1) is 11.8 Å². The van der Waals surface area contributed by atoms with Gasteiger partial charge in [-0.3, -0.25) is 4.79 Å². The van der Waals surface area contributed by atoms with Crippen molar-refractivity contribution in [3.63, 3.8) is 0 Å². The first-order chi connectivity index (χ1) is 9.72. The van der Waals surface area contributed by atoms with Crippen molar-refractivity contribution in [2.45, 2.75) is 84.0 Å². The van der Waals surface area contributed by atoms with E-state index in [1.165, 1.54) is 57.8 Å². The van der Waals surface area contributed by atoms with Crippen LogP contribution in [0.3, 0.4) is 0 Å². The SMILES string of the molecule is CCCCC[C@H]1C=C[C@H](CCCCCCC(=O)O)CC1. The molecule has 0 aromatic heterocycles. The number of aliphatic carboxylic acids is 1. The molecule has 1 aliphatic rings. The van der Waals surface area contributed by atoms with Crippen LogP contribution in [0.4, 0.5) is 0 Å².